The van der Waals surface area contributed by atoms with E-state index in [1.54, 1.807) is 19.1 Å². The molecule has 4 rings (SSSR count). The number of aromatic nitrogens is 2. The Labute approximate surface area is 207 Å². The van der Waals surface area contributed by atoms with E-state index in [1.165, 1.54) is 4.90 Å². The number of unbranched alkanes of at least 4 members (excludes halogenated alkanes) is 1. The minimum atomic E-state index is -0.814. The fourth-order valence-corrected chi connectivity index (χ4v) is 5.13. The molecule has 0 aliphatic carbocycles. The number of imidazole rings is 1. The molecule has 0 unspecified atom stereocenters. The van der Waals surface area contributed by atoms with E-state index in [-0.39, 0.29) is 18.5 Å². The quantitative estimate of drug-likeness (QED) is 0.494. The number of carbonyl (C=O) groups excluding carboxylic acids is 2. The lowest BCUT2D eigenvalue weighted by atomic mass is 9.85. The number of aryl methyl sites for hydroxylation is 1. The molecule has 0 atom stereocenters. The van der Waals surface area contributed by atoms with Gasteiger partial charge >= 0.3 is 6.03 Å². The van der Waals surface area contributed by atoms with Gasteiger partial charge in [0.2, 0.25) is 0 Å². The summed E-state index contributed by atoms with van der Waals surface area (Å²) in [5.41, 5.74) is 1.15. The molecule has 0 saturated carbocycles. The summed E-state index contributed by atoms with van der Waals surface area (Å²) < 4.78 is 10.6. The Morgan fingerprint density at radius 2 is 1.94 bits per heavy atom. The van der Waals surface area contributed by atoms with Crippen LogP contribution in [0.4, 0.5) is 4.79 Å². The van der Waals surface area contributed by atoms with Crippen LogP contribution in [-0.2, 0) is 29.0 Å². The molecule has 9 nitrogen and oxygen atoms in total. The van der Waals surface area contributed by atoms with E-state index in [4.69, 9.17) is 9.47 Å². The van der Waals surface area contributed by atoms with Crippen LogP contribution in [-0.4, -0.2) is 82.6 Å². The van der Waals surface area contributed by atoms with E-state index in [0.717, 1.165) is 56.0 Å². The van der Waals surface area contributed by atoms with Crippen LogP contribution in [0.2, 0.25) is 0 Å². The zero-order valence-electron chi connectivity index (χ0n) is 21.1. The molecule has 1 aromatic carbocycles. The molecule has 2 aromatic rings. The Balaban J connectivity index is 1.46. The molecule has 190 valence electrons. The molecule has 1 aromatic heterocycles. The van der Waals surface area contributed by atoms with Crippen molar-refractivity contribution in [1.82, 2.24) is 24.7 Å². The maximum atomic E-state index is 13.8. The molecule has 2 aliphatic rings. The van der Waals surface area contributed by atoms with Gasteiger partial charge in [0, 0.05) is 51.6 Å². The molecule has 2 fully saturated rings. The summed E-state index contributed by atoms with van der Waals surface area (Å²) in [7, 11) is 3.22. The van der Waals surface area contributed by atoms with Gasteiger partial charge in [0.1, 0.15) is 17.1 Å². The molecule has 0 bridgehead atoms. The number of imide groups is 1. The number of amides is 3. The fourth-order valence-electron chi connectivity index (χ4n) is 5.13. The summed E-state index contributed by atoms with van der Waals surface area (Å²) in [5, 5.41) is 0. The molecular weight excluding hydrogens is 446 g/mol. The van der Waals surface area contributed by atoms with E-state index in [9.17, 15) is 9.59 Å². The van der Waals surface area contributed by atoms with Gasteiger partial charge in [-0.2, -0.15) is 0 Å². The number of aromatic amines is 1. The van der Waals surface area contributed by atoms with Gasteiger partial charge in [-0.3, -0.25) is 14.6 Å². The van der Waals surface area contributed by atoms with Gasteiger partial charge in [0.05, 0.1) is 20.3 Å². The van der Waals surface area contributed by atoms with Crippen LogP contribution in [0.5, 0.6) is 5.75 Å². The van der Waals surface area contributed by atoms with E-state index < -0.39 is 5.54 Å². The Hall–Kier alpha value is -2.91. The summed E-state index contributed by atoms with van der Waals surface area (Å²) in [4.78, 5) is 40.6. The second-order valence-electron chi connectivity index (χ2n) is 9.44. The second kappa shape index (κ2) is 11.2. The normalized spacial score (nSPS) is 18.1. The number of hydrogen-bond donors (Lipinski definition) is 1. The first-order chi connectivity index (χ1) is 17.0. The second-order valence-corrected chi connectivity index (χ2v) is 9.44. The predicted molar refractivity (Wildman–Crippen MR) is 132 cm³/mol. The van der Waals surface area contributed by atoms with Gasteiger partial charge in [0.25, 0.3) is 5.91 Å². The Morgan fingerprint density at radius 3 is 2.66 bits per heavy atom. The molecule has 2 aliphatic heterocycles. The fraction of sp³-hybridized carbons (Fsp3) is 0.577. The summed E-state index contributed by atoms with van der Waals surface area (Å²) in [6, 6.07) is 7.27. The van der Waals surface area contributed by atoms with Crippen molar-refractivity contribution < 1.29 is 19.1 Å². The number of rotatable bonds is 11. The van der Waals surface area contributed by atoms with Gasteiger partial charge in [0.15, 0.2) is 0 Å². The first-order valence-corrected chi connectivity index (χ1v) is 12.5. The van der Waals surface area contributed by atoms with Crippen molar-refractivity contribution in [2.24, 2.45) is 0 Å². The monoisotopic (exact) mass is 483 g/mol. The van der Waals surface area contributed by atoms with E-state index >= 15 is 0 Å². The van der Waals surface area contributed by atoms with Crippen LogP contribution in [0.1, 0.15) is 49.7 Å². The molecule has 35 heavy (non-hydrogen) atoms. The Bertz CT molecular complexity index is 1010. The summed E-state index contributed by atoms with van der Waals surface area (Å²) >= 11 is 0. The SMILES string of the molecule is CCCCc1ncc(CN2CCC3(CC2)C(=O)N(Cc2cccc(OC)c2)C(=O)N3CCOC)[nH]1. The molecule has 3 heterocycles. The third kappa shape index (κ3) is 5.36. The van der Waals surface area contributed by atoms with Crippen molar-refractivity contribution in [3.63, 3.8) is 0 Å². The third-order valence-corrected chi connectivity index (χ3v) is 7.14. The van der Waals surface area contributed by atoms with Gasteiger partial charge in [-0.1, -0.05) is 25.5 Å². The van der Waals surface area contributed by atoms with Gasteiger partial charge in [-0.25, -0.2) is 9.78 Å². The van der Waals surface area contributed by atoms with Crippen molar-refractivity contribution in [3.8, 4) is 5.75 Å². The van der Waals surface area contributed by atoms with Crippen LogP contribution < -0.4 is 4.74 Å². The molecule has 9 heteroatoms. The number of hydrogen-bond acceptors (Lipinski definition) is 6. The van der Waals surface area contributed by atoms with Crippen molar-refractivity contribution >= 4 is 11.9 Å². The number of nitrogens with zero attached hydrogens (tertiary/aromatic N) is 4. The average Bonchev–Trinajstić information content (AvgIpc) is 3.40. The highest BCUT2D eigenvalue weighted by Crippen LogP contribution is 2.38. The van der Waals surface area contributed by atoms with Crippen molar-refractivity contribution in [3.05, 3.63) is 47.5 Å². The number of piperidine rings is 1. The van der Waals surface area contributed by atoms with E-state index in [1.807, 2.05) is 30.5 Å². The first-order valence-electron chi connectivity index (χ1n) is 12.5. The first kappa shape index (κ1) is 25.2. The molecule has 1 N–H and O–H groups in total. The number of H-pyrrole nitrogens is 1. The average molecular weight is 484 g/mol. The van der Waals surface area contributed by atoms with Crippen LogP contribution >= 0.6 is 0 Å². The number of ether oxygens (including phenoxy) is 2. The number of carbonyl (C=O) groups is 2. The lowest BCUT2D eigenvalue weighted by Crippen LogP contribution is -2.57. The van der Waals surface area contributed by atoms with E-state index in [2.05, 4.69) is 21.8 Å². The standard InChI is InChI=1S/C26H37N5O4/c1-4-5-9-23-27-17-21(28-23)19-29-12-10-26(11-13-29)24(32)30(25(33)31(26)14-15-34-2)18-20-7-6-8-22(16-20)35-3/h6-8,16-17H,4-5,9-15,18-19H2,1-3H3,(H,27,28). The minimum absolute atomic E-state index is 0.107. The summed E-state index contributed by atoms with van der Waals surface area (Å²) in [6.45, 7) is 5.44. The molecular formula is C26H37N5O4. The molecule has 2 saturated heterocycles. The molecule has 1 spiro atoms. The number of nitrogens with one attached hydrogen (secondary N) is 1. The van der Waals surface area contributed by atoms with Crippen LogP contribution in [0.3, 0.4) is 0 Å². The van der Waals surface area contributed by atoms with Crippen LogP contribution in [0.25, 0.3) is 0 Å². The zero-order valence-corrected chi connectivity index (χ0v) is 21.1. The van der Waals surface area contributed by atoms with Crippen molar-refractivity contribution in [1.29, 1.82) is 0 Å². The van der Waals surface area contributed by atoms with Crippen molar-refractivity contribution in [2.45, 2.75) is 57.7 Å². The summed E-state index contributed by atoms with van der Waals surface area (Å²) in [5.74, 6) is 1.63. The van der Waals surface area contributed by atoms with Crippen LogP contribution in [0, 0.1) is 0 Å². The highest BCUT2D eigenvalue weighted by molar-refractivity contribution is 6.07. The Kier molecular flexibility index (Phi) is 8.07. The topological polar surface area (TPSA) is 91.0 Å². The van der Waals surface area contributed by atoms with Gasteiger partial charge in [-0.15, -0.1) is 0 Å². The predicted octanol–water partition coefficient (Wildman–Crippen LogP) is 3.21. The van der Waals surface area contributed by atoms with Gasteiger partial charge < -0.3 is 19.4 Å². The molecule has 0 radical (unpaired) electrons. The Morgan fingerprint density at radius 1 is 1.14 bits per heavy atom. The third-order valence-electron chi connectivity index (χ3n) is 7.14. The maximum Gasteiger partial charge on any atom is 0.328 e. The maximum absolute atomic E-state index is 13.8. The highest BCUT2D eigenvalue weighted by Gasteiger charge is 2.57. The van der Waals surface area contributed by atoms with Gasteiger partial charge in [-0.05, 0) is 37.0 Å². The van der Waals surface area contributed by atoms with E-state index in [0.29, 0.717) is 31.7 Å². The van der Waals surface area contributed by atoms with Crippen molar-refractivity contribution in [2.75, 3.05) is 40.5 Å². The zero-order chi connectivity index (χ0) is 24.8. The number of benzene rings is 1. The smallest absolute Gasteiger partial charge is 0.328 e. The lowest BCUT2D eigenvalue weighted by Gasteiger charge is -2.42. The number of methoxy groups -OCH3 is 2. The van der Waals surface area contributed by atoms with Crippen LogP contribution in [0.15, 0.2) is 30.5 Å². The number of likely N-dealkylation sites (tertiary alicyclic amines) is 1. The largest absolute Gasteiger partial charge is 0.497 e. The molecule has 3 amide bonds. The highest BCUT2D eigenvalue weighted by atomic mass is 16.5. The summed E-state index contributed by atoms with van der Waals surface area (Å²) in [6.07, 6.45) is 6.36. The lowest BCUT2D eigenvalue weighted by molar-refractivity contribution is -0.136. The minimum Gasteiger partial charge on any atom is -0.497 e. The number of urea groups is 1.